The Morgan fingerprint density at radius 1 is 1.36 bits per heavy atom. The van der Waals surface area contributed by atoms with E-state index in [1.165, 1.54) is 0 Å². The minimum Gasteiger partial charge on any atom is -0.396 e. The Kier molecular flexibility index (Phi) is 3.93. The molecule has 0 bridgehead atoms. The fourth-order valence-corrected chi connectivity index (χ4v) is 1.72. The van der Waals surface area contributed by atoms with Crippen LogP contribution in [-0.2, 0) is 0 Å². The Morgan fingerprint density at radius 3 is 2.57 bits per heavy atom. The van der Waals surface area contributed by atoms with Crippen molar-refractivity contribution >= 4 is 11.6 Å². The quantitative estimate of drug-likeness (QED) is 0.810. The van der Waals surface area contributed by atoms with Gasteiger partial charge in [0.25, 0.3) is 0 Å². The number of benzene rings is 1. The van der Waals surface area contributed by atoms with Crippen LogP contribution in [0.15, 0.2) is 12.1 Å². The van der Waals surface area contributed by atoms with Crippen LogP contribution in [0.3, 0.4) is 0 Å². The molecule has 3 N–H and O–H groups in total. The molecule has 0 heterocycles. The lowest BCUT2D eigenvalue weighted by molar-refractivity contribution is 0.276. The van der Waals surface area contributed by atoms with Crippen molar-refractivity contribution in [3.63, 3.8) is 0 Å². The van der Waals surface area contributed by atoms with E-state index >= 15 is 0 Å². The van der Waals surface area contributed by atoms with Crippen LogP contribution in [0.2, 0.25) is 5.02 Å². The molecule has 0 aliphatic heterocycles. The summed E-state index contributed by atoms with van der Waals surface area (Å²) in [6.07, 6.45) is 0.585. The average molecular weight is 214 g/mol. The largest absolute Gasteiger partial charge is 0.396 e. The fraction of sp³-hybridized carbons (Fsp3) is 0.455. The third-order valence-corrected chi connectivity index (χ3v) is 2.79. The zero-order chi connectivity index (χ0) is 10.7. The minimum absolute atomic E-state index is 0.101. The van der Waals surface area contributed by atoms with Crippen LogP contribution >= 0.6 is 11.6 Å². The Morgan fingerprint density at radius 2 is 2.00 bits per heavy atom. The molecule has 0 spiro atoms. The van der Waals surface area contributed by atoms with E-state index < -0.39 is 0 Å². The van der Waals surface area contributed by atoms with Gasteiger partial charge in [-0.25, -0.2) is 0 Å². The summed E-state index contributed by atoms with van der Waals surface area (Å²) in [6, 6.07) is 3.82. The molecular formula is C11H16ClNO. The SMILES string of the molecule is Cc1cc(C(N)CCO)c(C)cc1Cl. The van der Waals surface area contributed by atoms with Crippen LogP contribution in [0, 0.1) is 13.8 Å². The lowest BCUT2D eigenvalue weighted by Gasteiger charge is -2.15. The summed E-state index contributed by atoms with van der Waals surface area (Å²) in [5.41, 5.74) is 9.11. The smallest absolute Gasteiger partial charge is 0.0449 e. The van der Waals surface area contributed by atoms with Gasteiger partial charge in [-0.2, -0.15) is 0 Å². The monoisotopic (exact) mass is 213 g/mol. The lowest BCUT2D eigenvalue weighted by Crippen LogP contribution is -2.13. The average Bonchev–Trinajstić information content (AvgIpc) is 2.11. The molecule has 0 saturated carbocycles. The van der Waals surface area contributed by atoms with Gasteiger partial charge in [0.05, 0.1) is 0 Å². The first kappa shape index (κ1) is 11.5. The van der Waals surface area contributed by atoms with Gasteiger partial charge >= 0.3 is 0 Å². The fourth-order valence-electron chi connectivity index (χ4n) is 1.50. The maximum atomic E-state index is 8.81. The number of hydrogen-bond donors (Lipinski definition) is 2. The summed E-state index contributed by atoms with van der Waals surface area (Å²) < 4.78 is 0. The predicted molar refractivity (Wildman–Crippen MR) is 59.6 cm³/mol. The van der Waals surface area contributed by atoms with Crippen LogP contribution in [0.25, 0.3) is 0 Å². The molecule has 1 aromatic carbocycles. The summed E-state index contributed by atoms with van der Waals surface area (Å²) in [6.45, 7) is 4.05. The zero-order valence-corrected chi connectivity index (χ0v) is 9.30. The van der Waals surface area contributed by atoms with Gasteiger partial charge in [-0.3, -0.25) is 0 Å². The van der Waals surface area contributed by atoms with E-state index in [1.54, 1.807) is 0 Å². The highest BCUT2D eigenvalue weighted by Gasteiger charge is 2.10. The maximum absolute atomic E-state index is 8.81. The van der Waals surface area contributed by atoms with Crippen LogP contribution in [0.5, 0.6) is 0 Å². The van der Waals surface area contributed by atoms with E-state index in [9.17, 15) is 0 Å². The van der Waals surface area contributed by atoms with Gasteiger partial charge in [0.2, 0.25) is 0 Å². The topological polar surface area (TPSA) is 46.2 Å². The summed E-state index contributed by atoms with van der Waals surface area (Å²) in [4.78, 5) is 0. The summed E-state index contributed by atoms with van der Waals surface area (Å²) in [5, 5.41) is 9.57. The van der Waals surface area contributed by atoms with E-state index in [2.05, 4.69) is 0 Å². The second kappa shape index (κ2) is 4.78. The summed E-state index contributed by atoms with van der Waals surface area (Å²) in [5.74, 6) is 0. The first-order valence-electron chi connectivity index (χ1n) is 4.69. The normalized spacial score (nSPS) is 12.9. The molecule has 2 nitrogen and oxygen atoms in total. The van der Waals surface area contributed by atoms with Crippen molar-refractivity contribution in [1.82, 2.24) is 0 Å². The summed E-state index contributed by atoms with van der Waals surface area (Å²) >= 11 is 5.98. The number of halogens is 1. The number of hydrogen-bond acceptors (Lipinski definition) is 2. The highest BCUT2D eigenvalue weighted by atomic mass is 35.5. The van der Waals surface area contributed by atoms with Crippen molar-refractivity contribution < 1.29 is 5.11 Å². The first-order chi connectivity index (χ1) is 6.56. The molecule has 0 aliphatic rings. The van der Waals surface area contributed by atoms with Crippen molar-refractivity contribution in [2.24, 2.45) is 5.73 Å². The van der Waals surface area contributed by atoms with Crippen molar-refractivity contribution in [3.8, 4) is 0 Å². The Hall–Kier alpha value is -0.570. The van der Waals surface area contributed by atoms with Gasteiger partial charge in [-0.1, -0.05) is 17.7 Å². The van der Waals surface area contributed by atoms with E-state index in [4.69, 9.17) is 22.4 Å². The van der Waals surface area contributed by atoms with Gasteiger partial charge in [0.15, 0.2) is 0 Å². The molecule has 0 aliphatic carbocycles. The maximum Gasteiger partial charge on any atom is 0.0449 e. The van der Waals surface area contributed by atoms with Gasteiger partial charge in [-0.15, -0.1) is 0 Å². The van der Waals surface area contributed by atoms with Crippen molar-refractivity contribution in [3.05, 3.63) is 33.8 Å². The van der Waals surface area contributed by atoms with Crippen LogP contribution in [0.4, 0.5) is 0 Å². The van der Waals surface area contributed by atoms with Gasteiger partial charge in [0, 0.05) is 17.7 Å². The van der Waals surface area contributed by atoms with Crippen LogP contribution < -0.4 is 5.73 Å². The van der Waals surface area contributed by atoms with E-state index in [-0.39, 0.29) is 12.6 Å². The van der Waals surface area contributed by atoms with Crippen molar-refractivity contribution in [2.45, 2.75) is 26.3 Å². The molecule has 0 aromatic heterocycles. The molecule has 3 heteroatoms. The molecule has 1 unspecified atom stereocenters. The predicted octanol–water partition coefficient (Wildman–Crippen LogP) is 2.34. The van der Waals surface area contributed by atoms with Gasteiger partial charge in [0.1, 0.15) is 0 Å². The standard InChI is InChI=1S/C11H16ClNO/c1-7-6-10(12)8(2)5-9(7)11(13)3-4-14/h5-6,11,14H,3-4,13H2,1-2H3. The zero-order valence-electron chi connectivity index (χ0n) is 8.55. The van der Waals surface area contributed by atoms with Crippen LogP contribution in [-0.4, -0.2) is 11.7 Å². The lowest BCUT2D eigenvalue weighted by atomic mass is 9.98. The second-order valence-electron chi connectivity index (χ2n) is 3.58. The number of aliphatic hydroxyl groups excluding tert-OH is 1. The number of aliphatic hydroxyl groups is 1. The molecule has 0 radical (unpaired) electrons. The molecule has 0 fully saturated rings. The number of rotatable bonds is 3. The molecule has 0 amide bonds. The minimum atomic E-state index is -0.101. The van der Waals surface area contributed by atoms with Gasteiger partial charge < -0.3 is 10.8 Å². The third-order valence-electron chi connectivity index (χ3n) is 2.39. The van der Waals surface area contributed by atoms with E-state index in [1.807, 2.05) is 26.0 Å². The first-order valence-corrected chi connectivity index (χ1v) is 5.07. The number of nitrogens with two attached hydrogens (primary N) is 1. The second-order valence-corrected chi connectivity index (χ2v) is 3.98. The molecule has 78 valence electrons. The molecule has 1 aromatic rings. The molecule has 14 heavy (non-hydrogen) atoms. The van der Waals surface area contributed by atoms with Crippen molar-refractivity contribution in [2.75, 3.05) is 6.61 Å². The highest BCUT2D eigenvalue weighted by molar-refractivity contribution is 6.31. The highest BCUT2D eigenvalue weighted by Crippen LogP contribution is 2.25. The van der Waals surface area contributed by atoms with Crippen LogP contribution in [0.1, 0.15) is 29.2 Å². The number of aryl methyl sites for hydroxylation is 2. The molecule has 0 saturated heterocycles. The molecule has 1 rings (SSSR count). The summed E-state index contributed by atoms with van der Waals surface area (Å²) in [7, 11) is 0. The van der Waals surface area contributed by atoms with Gasteiger partial charge in [-0.05, 0) is 43.0 Å². The van der Waals surface area contributed by atoms with Crippen molar-refractivity contribution in [1.29, 1.82) is 0 Å². The van der Waals surface area contributed by atoms with E-state index in [0.29, 0.717) is 6.42 Å². The van der Waals surface area contributed by atoms with E-state index in [0.717, 1.165) is 21.7 Å². The third kappa shape index (κ3) is 2.47. The molecular weight excluding hydrogens is 198 g/mol. The Labute approximate surface area is 89.7 Å². The molecule has 1 atom stereocenters. The Bertz CT molecular complexity index is 325. The Balaban J connectivity index is 3.02.